The molecule has 0 saturated heterocycles. The van der Waals surface area contributed by atoms with Gasteiger partial charge in [0.25, 0.3) is 5.56 Å². The van der Waals surface area contributed by atoms with Crippen LogP contribution in [0.1, 0.15) is 42.9 Å². The van der Waals surface area contributed by atoms with Gasteiger partial charge in [0.15, 0.2) is 0 Å². The minimum Gasteiger partial charge on any atom is -0.497 e. The molecule has 176 valence electrons. The molecule has 0 fully saturated rings. The largest absolute Gasteiger partial charge is 0.497 e. The molecule has 1 aromatic heterocycles. The summed E-state index contributed by atoms with van der Waals surface area (Å²) in [6.07, 6.45) is 2.35. The Bertz CT molecular complexity index is 1410. The van der Waals surface area contributed by atoms with Crippen LogP contribution in [0.5, 0.6) is 5.75 Å². The second-order valence-electron chi connectivity index (χ2n) is 8.43. The van der Waals surface area contributed by atoms with Crippen LogP contribution in [-0.2, 0) is 19.4 Å². The Balaban J connectivity index is 1.77. The summed E-state index contributed by atoms with van der Waals surface area (Å²) < 4.78 is 7.48. The Morgan fingerprint density at radius 2 is 1.63 bits per heavy atom. The Labute approximate surface area is 206 Å². The molecule has 0 radical (unpaired) electrons. The van der Waals surface area contributed by atoms with Crippen LogP contribution in [0.2, 0.25) is 0 Å². The van der Waals surface area contributed by atoms with Gasteiger partial charge < -0.3 is 9.30 Å². The predicted molar refractivity (Wildman–Crippen MR) is 140 cm³/mol. The number of methoxy groups -OCH3 is 1. The molecule has 0 N–H and O–H groups in total. The SMILES string of the molecule is CCCc1nc(=O)c(-c2ccc(OC)cc2)c(CC)n1Cc1ccc(-c2ccccc2C#N)cc1. The molecule has 0 atom stereocenters. The lowest BCUT2D eigenvalue weighted by atomic mass is 9.99. The summed E-state index contributed by atoms with van der Waals surface area (Å²) in [7, 11) is 1.63. The van der Waals surface area contributed by atoms with E-state index in [-0.39, 0.29) is 5.56 Å². The van der Waals surface area contributed by atoms with Crippen LogP contribution in [0, 0.1) is 11.3 Å². The van der Waals surface area contributed by atoms with Gasteiger partial charge in [-0.25, -0.2) is 0 Å². The molecule has 0 amide bonds. The third kappa shape index (κ3) is 5.02. The minimum absolute atomic E-state index is 0.185. The Morgan fingerprint density at radius 1 is 0.943 bits per heavy atom. The van der Waals surface area contributed by atoms with Gasteiger partial charge in [-0.15, -0.1) is 0 Å². The van der Waals surface area contributed by atoms with E-state index in [9.17, 15) is 10.1 Å². The van der Waals surface area contributed by atoms with Gasteiger partial charge >= 0.3 is 0 Å². The molecule has 3 aromatic carbocycles. The summed E-state index contributed by atoms with van der Waals surface area (Å²) in [5.41, 5.74) is 6.00. The van der Waals surface area contributed by atoms with Crippen LogP contribution in [0.15, 0.2) is 77.6 Å². The zero-order valence-electron chi connectivity index (χ0n) is 20.4. The third-order valence-corrected chi connectivity index (χ3v) is 6.21. The maximum absolute atomic E-state index is 13.1. The maximum Gasteiger partial charge on any atom is 0.281 e. The summed E-state index contributed by atoms with van der Waals surface area (Å²) in [5.74, 6) is 1.56. The molecule has 4 aromatic rings. The lowest BCUT2D eigenvalue weighted by Crippen LogP contribution is -2.24. The molecule has 35 heavy (non-hydrogen) atoms. The molecule has 5 nitrogen and oxygen atoms in total. The van der Waals surface area contributed by atoms with Gasteiger partial charge in [0.2, 0.25) is 0 Å². The molecular weight excluding hydrogens is 434 g/mol. The molecule has 1 heterocycles. The number of nitriles is 1. The van der Waals surface area contributed by atoms with Gasteiger partial charge in [-0.1, -0.05) is 68.4 Å². The molecule has 0 aliphatic carbocycles. The second kappa shape index (κ2) is 10.8. The van der Waals surface area contributed by atoms with E-state index in [2.05, 4.69) is 53.7 Å². The standard InChI is InChI=1S/C30H29N3O2/c1-4-8-28-32-30(34)29(23-15-17-25(35-3)18-16-23)27(5-2)33(28)20-21-11-13-22(14-12-21)26-10-7-6-9-24(26)19-31/h6-7,9-18H,4-5,8,20H2,1-3H3. The fourth-order valence-corrected chi connectivity index (χ4v) is 4.47. The van der Waals surface area contributed by atoms with Gasteiger partial charge in [0.05, 0.1) is 24.3 Å². The van der Waals surface area contributed by atoms with Crippen molar-refractivity contribution in [2.24, 2.45) is 0 Å². The highest BCUT2D eigenvalue weighted by Crippen LogP contribution is 2.27. The summed E-state index contributed by atoms with van der Waals surface area (Å²) in [6.45, 7) is 4.80. The fourth-order valence-electron chi connectivity index (χ4n) is 4.47. The van der Waals surface area contributed by atoms with Crippen molar-refractivity contribution in [3.8, 4) is 34.1 Å². The van der Waals surface area contributed by atoms with Crippen LogP contribution in [0.3, 0.4) is 0 Å². The first-order chi connectivity index (χ1) is 17.1. The first-order valence-electron chi connectivity index (χ1n) is 11.9. The quantitative estimate of drug-likeness (QED) is 0.320. The van der Waals surface area contributed by atoms with Crippen molar-refractivity contribution in [1.29, 1.82) is 5.26 Å². The zero-order valence-corrected chi connectivity index (χ0v) is 20.4. The lowest BCUT2D eigenvalue weighted by molar-refractivity contribution is 0.415. The van der Waals surface area contributed by atoms with E-state index < -0.39 is 0 Å². The van der Waals surface area contributed by atoms with E-state index in [0.29, 0.717) is 24.1 Å². The van der Waals surface area contributed by atoms with Gasteiger partial charge in [0, 0.05) is 18.7 Å². The second-order valence-corrected chi connectivity index (χ2v) is 8.43. The van der Waals surface area contributed by atoms with E-state index in [1.807, 2.05) is 48.5 Å². The summed E-state index contributed by atoms with van der Waals surface area (Å²) >= 11 is 0. The summed E-state index contributed by atoms with van der Waals surface area (Å²) in [5, 5.41) is 9.45. The molecular formula is C30H29N3O2. The van der Waals surface area contributed by atoms with E-state index in [4.69, 9.17) is 4.74 Å². The molecule has 0 aliphatic heterocycles. The van der Waals surface area contributed by atoms with Gasteiger partial charge in [-0.2, -0.15) is 10.2 Å². The molecule has 4 rings (SSSR count). The van der Waals surface area contributed by atoms with Crippen molar-refractivity contribution in [1.82, 2.24) is 9.55 Å². The van der Waals surface area contributed by atoms with Gasteiger partial charge in [-0.05, 0) is 53.3 Å². The number of benzene rings is 3. The first-order valence-corrected chi connectivity index (χ1v) is 11.9. The number of aromatic nitrogens is 2. The fraction of sp³-hybridized carbons (Fsp3) is 0.233. The highest BCUT2D eigenvalue weighted by molar-refractivity contribution is 5.70. The lowest BCUT2D eigenvalue weighted by Gasteiger charge is -2.20. The third-order valence-electron chi connectivity index (χ3n) is 6.21. The van der Waals surface area contributed by atoms with Crippen LogP contribution in [0.25, 0.3) is 22.3 Å². The normalized spacial score (nSPS) is 10.7. The Morgan fingerprint density at radius 3 is 2.26 bits per heavy atom. The number of aryl methyl sites for hydroxylation is 1. The summed E-state index contributed by atoms with van der Waals surface area (Å²) in [6, 6.07) is 25.8. The van der Waals surface area contributed by atoms with Crippen LogP contribution >= 0.6 is 0 Å². The van der Waals surface area contributed by atoms with E-state index >= 15 is 0 Å². The average molecular weight is 464 g/mol. The summed E-state index contributed by atoms with van der Waals surface area (Å²) in [4.78, 5) is 17.6. The van der Waals surface area contributed by atoms with Crippen molar-refractivity contribution >= 4 is 0 Å². The molecule has 0 saturated carbocycles. The topological polar surface area (TPSA) is 67.9 Å². The minimum atomic E-state index is -0.185. The number of ether oxygens (including phenoxy) is 1. The number of hydrogen-bond donors (Lipinski definition) is 0. The zero-order chi connectivity index (χ0) is 24.8. The highest BCUT2D eigenvalue weighted by Gasteiger charge is 2.18. The number of rotatable bonds is 8. The van der Waals surface area contributed by atoms with Gasteiger partial charge in [0.1, 0.15) is 11.6 Å². The first kappa shape index (κ1) is 24.0. The molecule has 0 aliphatic rings. The van der Waals surface area contributed by atoms with E-state index in [0.717, 1.165) is 52.4 Å². The number of hydrogen-bond acceptors (Lipinski definition) is 4. The Kier molecular flexibility index (Phi) is 7.42. The number of nitrogens with zero attached hydrogens (tertiary/aromatic N) is 3. The monoisotopic (exact) mass is 463 g/mol. The van der Waals surface area contributed by atoms with Crippen molar-refractivity contribution in [3.05, 3.63) is 106 Å². The Hall–Kier alpha value is -4.17. The predicted octanol–water partition coefficient (Wildman–Crippen LogP) is 6.02. The molecule has 5 heteroatoms. The maximum atomic E-state index is 13.1. The van der Waals surface area contributed by atoms with E-state index in [1.165, 1.54) is 0 Å². The van der Waals surface area contributed by atoms with Crippen LogP contribution in [-0.4, -0.2) is 16.7 Å². The average Bonchev–Trinajstić information content (AvgIpc) is 2.90. The highest BCUT2D eigenvalue weighted by atomic mass is 16.5. The smallest absolute Gasteiger partial charge is 0.281 e. The molecule has 0 unspecified atom stereocenters. The van der Waals surface area contributed by atoms with Crippen molar-refractivity contribution in [2.75, 3.05) is 7.11 Å². The van der Waals surface area contributed by atoms with Gasteiger partial charge in [-0.3, -0.25) is 4.79 Å². The van der Waals surface area contributed by atoms with Crippen LogP contribution < -0.4 is 10.3 Å². The van der Waals surface area contributed by atoms with Crippen molar-refractivity contribution in [2.45, 2.75) is 39.7 Å². The van der Waals surface area contributed by atoms with Crippen molar-refractivity contribution in [3.63, 3.8) is 0 Å². The van der Waals surface area contributed by atoms with Crippen molar-refractivity contribution < 1.29 is 4.74 Å². The molecule has 0 spiro atoms. The van der Waals surface area contributed by atoms with Crippen LogP contribution in [0.4, 0.5) is 0 Å². The van der Waals surface area contributed by atoms with E-state index in [1.54, 1.807) is 7.11 Å². The molecule has 0 bridgehead atoms.